The Balaban J connectivity index is 1.88. The average molecular weight is 360 g/mol. The topological polar surface area (TPSA) is 52.5 Å². The van der Waals surface area contributed by atoms with Gasteiger partial charge in [-0.25, -0.2) is 4.98 Å². The van der Waals surface area contributed by atoms with Crippen molar-refractivity contribution >= 4 is 17.3 Å². The van der Waals surface area contributed by atoms with E-state index in [9.17, 15) is 0 Å². The van der Waals surface area contributed by atoms with Gasteiger partial charge in [-0.15, -0.1) is 11.3 Å². The molecule has 1 aromatic carbocycles. The third kappa shape index (κ3) is 6.14. The van der Waals surface area contributed by atoms with Gasteiger partial charge in [-0.05, 0) is 38.6 Å². The van der Waals surface area contributed by atoms with Crippen LogP contribution < -0.4 is 10.6 Å². The van der Waals surface area contributed by atoms with E-state index in [1.807, 2.05) is 6.92 Å². The summed E-state index contributed by atoms with van der Waals surface area (Å²) in [7, 11) is 3.94. The van der Waals surface area contributed by atoms with Crippen molar-refractivity contribution in [3.8, 4) is 0 Å². The van der Waals surface area contributed by atoms with Crippen LogP contribution in [0.25, 0.3) is 0 Å². The van der Waals surface area contributed by atoms with Crippen LogP contribution in [0.4, 0.5) is 0 Å². The Morgan fingerprint density at radius 2 is 1.92 bits per heavy atom. The smallest absolute Gasteiger partial charge is 0.191 e. The number of guanidine groups is 1. The quantitative estimate of drug-likeness (QED) is 0.589. The summed E-state index contributed by atoms with van der Waals surface area (Å²) in [6, 6.07) is 8.70. The molecule has 0 fully saturated rings. The van der Waals surface area contributed by atoms with E-state index in [2.05, 4.69) is 70.7 Å². The summed E-state index contributed by atoms with van der Waals surface area (Å²) in [4.78, 5) is 12.3. The average Bonchev–Trinajstić information content (AvgIpc) is 2.92. The van der Waals surface area contributed by atoms with E-state index in [1.54, 1.807) is 18.4 Å². The number of hydrogen-bond donors (Lipinski definition) is 2. The summed E-state index contributed by atoms with van der Waals surface area (Å²) in [6.07, 6.45) is 0. The highest BCUT2D eigenvalue weighted by molar-refractivity contribution is 7.11. The van der Waals surface area contributed by atoms with Gasteiger partial charge < -0.3 is 15.5 Å². The number of benzene rings is 1. The number of aliphatic imine (C=N–C) groups is 1. The van der Waals surface area contributed by atoms with E-state index in [4.69, 9.17) is 0 Å². The van der Waals surface area contributed by atoms with Crippen molar-refractivity contribution in [1.29, 1.82) is 0 Å². The number of thiazole rings is 1. The lowest BCUT2D eigenvalue weighted by atomic mass is 10.1. The Labute approximate surface area is 155 Å². The minimum Gasteiger partial charge on any atom is -0.352 e. The van der Waals surface area contributed by atoms with Crippen molar-refractivity contribution in [2.24, 2.45) is 4.99 Å². The molecule has 0 atom stereocenters. The van der Waals surface area contributed by atoms with Crippen molar-refractivity contribution < 1.29 is 0 Å². The van der Waals surface area contributed by atoms with E-state index < -0.39 is 0 Å². The van der Waals surface area contributed by atoms with Gasteiger partial charge in [0.2, 0.25) is 0 Å². The first-order valence-electron chi connectivity index (χ1n) is 8.65. The first-order chi connectivity index (χ1) is 12.0. The van der Waals surface area contributed by atoms with Crippen LogP contribution in [-0.2, 0) is 19.6 Å². The van der Waals surface area contributed by atoms with Crippen LogP contribution in [0.3, 0.4) is 0 Å². The standard InChI is InChI=1S/C19H29N5S/c1-6-24(5)13-17-9-7-8-16(10-17)11-21-19(20-4)22-12-18-14(2)23-15(3)25-18/h7-10H,6,11-13H2,1-5H3,(H2,20,21,22). The lowest BCUT2D eigenvalue weighted by Gasteiger charge is -2.15. The second-order valence-corrected chi connectivity index (χ2v) is 7.46. The Morgan fingerprint density at radius 3 is 2.56 bits per heavy atom. The number of rotatable bonds is 7. The molecule has 0 amide bonds. The SMILES string of the molecule is CCN(C)Cc1cccc(CNC(=NC)NCc2sc(C)nc2C)c1. The van der Waals surface area contributed by atoms with Crippen LogP contribution in [-0.4, -0.2) is 36.5 Å². The van der Waals surface area contributed by atoms with E-state index in [0.29, 0.717) is 0 Å². The van der Waals surface area contributed by atoms with Gasteiger partial charge >= 0.3 is 0 Å². The van der Waals surface area contributed by atoms with E-state index in [-0.39, 0.29) is 0 Å². The maximum absolute atomic E-state index is 4.46. The fraction of sp³-hybridized carbons (Fsp3) is 0.474. The minimum absolute atomic E-state index is 0.748. The van der Waals surface area contributed by atoms with Crippen LogP contribution in [0.2, 0.25) is 0 Å². The molecule has 0 radical (unpaired) electrons. The van der Waals surface area contributed by atoms with E-state index in [0.717, 1.165) is 42.8 Å². The van der Waals surface area contributed by atoms with Gasteiger partial charge in [0.25, 0.3) is 0 Å². The third-order valence-corrected chi connectivity index (χ3v) is 5.16. The Bertz CT molecular complexity index is 708. The molecule has 0 aliphatic carbocycles. The molecule has 6 heteroatoms. The van der Waals surface area contributed by atoms with Crippen molar-refractivity contribution in [3.63, 3.8) is 0 Å². The largest absolute Gasteiger partial charge is 0.352 e. The van der Waals surface area contributed by atoms with Gasteiger partial charge in [-0.1, -0.05) is 31.2 Å². The van der Waals surface area contributed by atoms with Crippen molar-refractivity contribution in [3.05, 3.63) is 51.0 Å². The molecule has 0 aliphatic heterocycles. The Hall–Kier alpha value is -1.92. The molecule has 2 aromatic rings. The number of nitrogens with zero attached hydrogens (tertiary/aromatic N) is 3. The van der Waals surface area contributed by atoms with Gasteiger partial charge in [0.1, 0.15) is 0 Å². The van der Waals surface area contributed by atoms with Crippen molar-refractivity contribution in [2.75, 3.05) is 20.6 Å². The number of aryl methyl sites for hydroxylation is 2. The summed E-state index contributed by atoms with van der Waals surface area (Å²) < 4.78 is 0. The highest BCUT2D eigenvalue weighted by Crippen LogP contribution is 2.16. The molecule has 0 bridgehead atoms. The molecular formula is C19H29N5S. The molecule has 25 heavy (non-hydrogen) atoms. The van der Waals surface area contributed by atoms with Crippen molar-refractivity contribution in [2.45, 2.75) is 40.4 Å². The highest BCUT2D eigenvalue weighted by Gasteiger charge is 2.06. The molecule has 136 valence electrons. The zero-order valence-electron chi connectivity index (χ0n) is 15.9. The first-order valence-corrected chi connectivity index (χ1v) is 9.47. The third-order valence-electron chi connectivity index (χ3n) is 4.08. The summed E-state index contributed by atoms with van der Waals surface area (Å²) in [5, 5.41) is 7.86. The van der Waals surface area contributed by atoms with Gasteiger partial charge in [0.05, 0.1) is 17.2 Å². The second kappa shape index (κ2) is 9.53. The van der Waals surface area contributed by atoms with Crippen molar-refractivity contribution in [1.82, 2.24) is 20.5 Å². The maximum atomic E-state index is 4.46. The predicted octanol–water partition coefficient (Wildman–Crippen LogP) is 3.08. The molecule has 2 rings (SSSR count). The van der Waals surface area contributed by atoms with Crippen LogP contribution in [0.5, 0.6) is 0 Å². The lowest BCUT2D eigenvalue weighted by Crippen LogP contribution is -2.36. The molecular weight excluding hydrogens is 330 g/mol. The molecule has 5 nitrogen and oxygen atoms in total. The van der Waals surface area contributed by atoms with Crippen LogP contribution in [0, 0.1) is 13.8 Å². The summed E-state index contributed by atoms with van der Waals surface area (Å²) in [5.41, 5.74) is 3.69. The van der Waals surface area contributed by atoms with Gasteiger partial charge in [0.15, 0.2) is 5.96 Å². The van der Waals surface area contributed by atoms with E-state index in [1.165, 1.54) is 16.0 Å². The zero-order chi connectivity index (χ0) is 18.2. The molecule has 0 saturated carbocycles. The summed E-state index contributed by atoms with van der Waals surface area (Å²) >= 11 is 1.73. The van der Waals surface area contributed by atoms with Gasteiger partial charge in [-0.3, -0.25) is 4.99 Å². The summed E-state index contributed by atoms with van der Waals surface area (Å²) in [5.74, 6) is 0.807. The molecule has 1 heterocycles. The molecule has 0 unspecified atom stereocenters. The first kappa shape index (κ1) is 19.4. The number of nitrogens with one attached hydrogen (secondary N) is 2. The van der Waals surface area contributed by atoms with E-state index >= 15 is 0 Å². The molecule has 1 aromatic heterocycles. The van der Waals surface area contributed by atoms with Gasteiger partial charge in [0, 0.05) is 25.0 Å². The summed E-state index contributed by atoms with van der Waals surface area (Å²) in [6.45, 7) is 9.79. The lowest BCUT2D eigenvalue weighted by molar-refractivity contribution is 0.345. The maximum Gasteiger partial charge on any atom is 0.191 e. The number of hydrogen-bond acceptors (Lipinski definition) is 4. The van der Waals surface area contributed by atoms with Gasteiger partial charge in [-0.2, -0.15) is 0 Å². The molecule has 0 aliphatic rings. The van der Waals surface area contributed by atoms with Crippen LogP contribution in [0.1, 0.15) is 33.6 Å². The predicted molar refractivity (Wildman–Crippen MR) is 107 cm³/mol. The normalized spacial score (nSPS) is 11.8. The zero-order valence-corrected chi connectivity index (χ0v) is 16.7. The highest BCUT2D eigenvalue weighted by atomic mass is 32.1. The van der Waals surface area contributed by atoms with Crippen LogP contribution >= 0.6 is 11.3 Å². The molecule has 2 N–H and O–H groups in total. The monoisotopic (exact) mass is 359 g/mol. The number of aromatic nitrogens is 1. The molecule has 0 spiro atoms. The Morgan fingerprint density at radius 1 is 1.20 bits per heavy atom. The minimum atomic E-state index is 0.748. The fourth-order valence-corrected chi connectivity index (χ4v) is 3.45. The second-order valence-electron chi connectivity index (χ2n) is 6.17. The Kier molecular flexibility index (Phi) is 7.40. The van der Waals surface area contributed by atoms with Crippen LogP contribution in [0.15, 0.2) is 29.3 Å². The molecule has 0 saturated heterocycles. The fourth-order valence-electron chi connectivity index (χ4n) is 2.57.